The highest BCUT2D eigenvalue weighted by atomic mass is 19.1. The first-order valence-corrected chi connectivity index (χ1v) is 6.10. The molecule has 1 aromatic rings. The van der Waals surface area contributed by atoms with Gasteiger partial charge in [0, 0.05) is 12.0 Å². The molecular formula is C14H20FNO. The van der Waals surface area contributed by atoms with Crippen molar-refractivity contribution in [3.05, 3.63) is 35.6 Å². The fourth-order valence-electron chi connectivity index (χ4n) is 1.78. The van der Waals surface area contributed by atoms with Gasteiger partial charge in [-0.1, -0.05) is 6.92 Å². The van der Waals surface area contributed by atoms with Gasteiger partial charge in [-0.3, -0.25) is 4.79 Å². The predicted octanol–water partition coefficient (Wildman–Crippen LogP) is 3.13. The van der Waals surface area contributed by atoms with Gasteiger partial charge in [0.1, 0.15) is 5.82 Å². The molecule has 94 valence electrons. The van der Waals surface area contributed by atoms with Crippen LogP contribution in [0, 0.1) is 5.82 Å². The van der Waals surface area contributed by atoms with Crippen molar-refractivity contribution in [3.63, 3.8) is 0 Å². The topological polar surface area (TPSA) is 20.3 Å². The van der Waals surface area contributed by atoms with Crippen LogP contribution >= 0.6 is 0 Å². The summed E-state index contributed by atoms with van der Waals surface area (Å²) in [6.07, 6.45) is 2.51. The summed E-state index contributed by atoms with van der Waals surface area (Å²) in [5.74, 6) is -0.209. The smallest absolute Gasteiger partial charge is 0.162 e. The van der Waals surface area contributed by atoms with Crippen molar-refractivity contribution in [2.24, 2.45) is 0 Å². The van der Waals surface area contributed by atoms with Crippen molar-refractivity contribution in [2.45, 2.75) is 26.2 Å². The number of carbonyl (C=O) groups is 1. The summed E-state index contributed by atoms with van der Waals surface area (Å²) in [7, 11) is 2.06. The molecule has 0 saturated heterocycles. The summed E-state index contributed by atoms with van der Waals surface area (Å²) in [6.45, 7) is 4.13. The van der Waals surface area contributed by atoms with E-state index in [1.54, 1.807) is 12.1 Å². The fourth-order valence-corrected chi connectivity index (χ4v) is 1.78. The zero-order valence-electron chi connectivity index (χ0n) is 10.6. The standard InChI is InChI=1S/C14H20FNO/c1-3-10-16(2)11-4-5-14(17)12-6-8-13(15)9-7-12/h6-9H,3-5,10-11H2,1-2H3. The maximum atomic E-state index is 12.7. The van der Waals surface area contributed by atoms with Crippen molar-refractivity contribution < 1.29 is 9.18 Å². The molecule has 0 aliphatic heterocycles. The highest BCUT2D eigenvalue weighted by Gasteiger charge is 2.06. The summed E-state index contributed by atoms with van der Waals surface area (Å²) in [5, 5.41) is 0. The second kappa shape index (κ2) is 7.17. The third-order valence-electron chi connectivity index (χ3n) is 2.72. The molecular weight excluding hydrogens is 217 g/mol. The van der Waals surface area contributed by atoms with Gasteiger partial charge in [-0.25, -0.2) is 4.39 Å². The van der Waals surface area contributed by atoms with E-state index in [4.69, 9.17) is 0 Å². The molecule has 1 aromatic carbocycles. The van der Waals surface area contributed by atoms with Crippen LogP contribution in [0.15, 0.2) is 24.3 Å². The van der Waals surface area contributed by atoms with Crippen molar-refractivity contribution in [1.82, 2.24) is 4.90 Å². The quantitative estimate of drug-likeness (QED) is 0.679. The Labute approximate surface area is 102 Å². The Hall–Kier alpha value is -1.22. The van der Waals surface area contributed by atoms with Crippen LogP contribution in [0.5, 0.6) is 0 Å². The Morgan fingerprint density at radius 2 is 1.88 bits per heavy atom. The zero-order valence-corrected chi connectivity index (χ0v) is 10.6. The number of hydrogen-bond donors (Lipinski definition) is 0. The van der Waals surface area contributed by atoms with Crippen LogP contribution in [0.1, 0.15) is 36.5 Å². The summed E-state index contributed by atoms with van der Waals surface area (Å²) < 4.78 is 12.7. The van der Waals surface area contributed by atoms with Crippen LogP contribution in [0.2, 0.25) is 0 Å². The maximum Gasteiger partial charge on any atom is 0.162 e. The molecule has 0 unspecified atom stereocenters. The predicted molar refractivity (Wildman–Crippen MR) is 67.8 cm³/mol. The lowest BCUT2D eigenvalue weighted by Gasteiger charge is -2.14. The minimum Gasteiger partial charge on any atom is -0.306 e. The third-order valence-corrected chi connectivity index (χ3v) is 2.72. The van der Waals surface area contributed by atoms with Gasteiger partial charge >= 0.3 is 0 Å². The zero-order chi connectivity index (χ0) is 12.7. The highest BCUT2D eigenvalue weighted by Crippen LogP contribution is 2.07. The second-order valence-electron chi connectivity index (χ2n) is 4.34. The summed E-state index contributed by atoms with van der Waals surface area (Å²) in [6, 6.07) is 5.76. The molecule has 2 nitrogen and oxygen atoms in total. The third kappa shape index (κ3) is 5.09. The number of carbonyl (C=O) groups excluding carboxylic acids is 1. The molecule has 1 rings (SSSR count). The Morgan fingerprint density at radius 3 is 2.47 bits per heavy atom. The average Bonchev–Trinajstić information content (AvgIpc) is 2.30. The van der Waals surface area contributed by atoms with Gasteiger partial charge in [0.2, 0.25) is 0 Å². The first kappa shape index (κ1) is 13.8. The van der Waals surface area contributed by atoms with Gasteiger partial charge in [-0.15, -0.1) is 0 Å². The van der Waals surface area contributed by atoms with E-state index in [0.29, 0.717) is 12.0 Å². The van der Waals surface area contributed by atoms with Crippen molar-refractivity contribution in [1.29, 1.82) is 0 Å². The lowest BCUT2D eigenvalue weighted by Crippen LogP contribution is -2.21. The molecule has 0 aromatic heterocycles. The lowest BCUT2D eigenvalue weighted by atomic mass is 10.1. The molecule has 0 heterocycles. The van der Waals surface area contributed by atoms with Gasteiger partial charge in [0.05, 0.1) is 0 Å². The van der Waals surface area contributed by atoms with E-state index in [1.165, 1.54) is 12.1 Å². The van der Waals surface area contributed by atoms with Crippen molar-refractivity contribution >= 4 is 5.78 Å². The van der Waals surface area contributed by atoms with E-state index in [-0.39, 0.29) is 11.6 Å². The number of Topliss-reactive ketones (excluding diaryl/α,β-unsaturated/α-hetero) is 1. The summed E-state index contributed by atoms with van der Waals surface area (Å²) in [4.78, 5) is 14.0. The Bertz CT molecular complexity index is 348. The van der Waals surface area contributed by atoms with Crippen molar-refractivity contribution in [2.75, 3.05) is 20.1 Å². The molecule has 0 aliphatic carbocycles. The van der Waals surface area contributed by atoms with Crippen LogP contribution < -0.4 is 0 Å². The van der Waals surface area contributed by atoms with Gasteiger partial charge in [0.15, 0.2) is 5.78 Å². The van der Waals surface area contributed by atoms with Crippen LogP contribution in [-0.4, -0.2) is 30.8 Å². The molecule has 0 spiro atoms. The molecule has 0 aliphatic rings. The molecule has 0 saturated carbocycles. The average molecular weight is 237 g/mol. The lowest BCUT2D eigenvalue weighted by molar-refractivity contribution is 0.0976. The summed E-state index contributed by atoms with van der Waals surface area (Å²) in [5.41, 5.74) is 0.601. The Balaban J connectivity index is 2.32. The van der Waals surface area contributed by atoms with E-state index >= 15 is 0 Å². The van der Waals surface area contributed by atoms with Gasteiger partial charge in [0.25, 0.3) is 0 Å². The van der Waals surface area contributed by atoms with Gasteiger partial charge in [-0.2, -0.15) is 0 Å². The number of nitrogens with zero attached hydrogens (tertiary/aromatic N) is 1. The van der Waals surface area contributed by atoms with Crippen LogP contribution in [0.25, 0.3) is 0 Å². The Morgan fingerprint density at radius 1 is 1.24 bits per heavy atom. The normalized spacial score (nSPS) is 10.8. The molecule has 0 radical (unpaired) electrons. The molecule has 0 N–H and O–H groups in total. The number of hydrogen-bond acceptors (Lipinski definition) is 2. The first-order valence-electron chi connectivity index (χ1n) is 6.10. The maximum absolute atomic E-state index is 12.7. The minimum atomic E-state index is -0.302. The molecule has 0 amide bonds. The molecule has 3 heteroatoms. The van der Waals surface area contributed by atoms with E-state index in [9.17, 15) is 9.18 Å². The van der Waals surface area contributed by atoms with E-state index in [1.807, 2.05) is 0 Å². The highest BCUT2D eigenvalue weighted by molar-refractivity contribution is 5.95. The van der Waals surface area contributed by atoms with E-state index in [0.717, 1.165) is 25.9 Å². The number of benzene rings is 1. The number of halogens is 1. The van der Waals surface area contributed by atoms with Gasteiger partial charge < -0.3 is 4.90 Å². The largest absolute Gasteiger partial charge is 0.306 e. The van der Waals surface area contributed by atoms with Crippen LogP contribution in [0.3, 0.4) is 0 Å². The molecule has 0 fully saturated rings. The molecule has 0 bridgehead atoms. The van der Waals surface area contributed by atoms with E-state index in [2.05, 4.69) is 18.9 Å². The number of ketones is 1. The SMILES string of the molecule is CCCN(C)CCCC(=O)c1ccc(F)cc1. The van der Waals surface area contributed by atoms with Crippen molar-refractivity contribution in [3.8, 4) is 0 Å². The minimum absolute atomic E-state index is 0.0925. The fraction of sp³-hybridized carbons (Fsp3) is 0.500. The Kier molecular flexibility index (Phi) is 5.84. The second-order valence-corrected chi connectivity index (χ2v) is 4.34. The molecule has 17 heavy (non-hydrogen) atoms. The molecule has 0 atom stereocenters. The number of rotatable bonds is 7. The van der Waals surface area contributed by atoms with Gasteiger partial charge in [-0.05, 0) is 57.2 Å². The van der Waals surface area contributed by atoms with Crippen LogP contribution in [-0.2, 0) is 0 Å². The van der Waals surface area contributed by atoms with E-state index < -0.39 is 0 Å². The summed E-state index contributed by atoms with van der Waals surface area (Å²) >= 11 is 0. The first-order chi connectivity index (χ1) is 8.13. The van der Waals surface area contributed by atoms with Crippen LogP contribution in [0.4, 0.5) is 4.39 Å². The monoisotopic (exact) mass is 237 g/mol.